The minimum Gasteiger partial charge on any atom is -0.490 e. The van der Waals surface area contributed by atoms with Crippen LogP contribution in [0.5, 0.6) is 5.75 Å². The lowest BCUT2D eigenvalue weighted by Gasteiger charge is -2.34. The predicted molar refractivity (Wildman–Crippen MR) is 123 cm³/mol. The number of hydrogen-bond acceptors (Lipinski definition) is 3. The van der Waals surface area contributed by atoms with Gasteiger partial charge in [0, 0.05) is 46.1 Å². The Morgan fingerprint density at radius 1 is 1.15 bits per heavy atom. The molecule has 1 unspecified atom stereocenters. The van der Waals surface area contributed by atoms with Crippen molar-refractivity contribution in [3.63, 3.8) is 0 Å². The molecule has 0 aliphatic carbocycles. The molecule has 1 aromatic carbocycles. The summed E-state index contributed by atoms with van der Waals surface area (Å²) in [4.78, 5) is 9.48. The lowest BCUT2D eigenvalue weighted by Crippen LogP contribution is -2.48. The standard InChI is InChI=1S/C21H34N4O.HI/c1-3-12-24-13-9-18(17-24)16-23-21(22-2)25-14-10-20(11-15-25)26-19-7-5-4-6-8-19;/h4-8,18,20H,3,9-17H2,1-2H3,(H,22,23);1H. The quantitative estimate of drug-likeness (QED) is 0.380. The van der Waals surface area contributed by atoms with Crippen LogP contribution in [0.3, 0.4) is 0 Å². The number of likely N-dealkylation sites (tertiary alicyclic amines) is 2. The van der Waals surface area contributed by atoms with Crippen LogP contribution in [0, 0.1) is 5.92 Å². The van der Waals surface area contributed by atoms with Crippen molar-refractivity contribution in [1.29, 1.82) is 0 Å². The van der Waals surface area contributed by atoms with Crippen LogP contribution in [0.1, 0.15) is 32.6 Å². The fourth-order valence-corrected chi connectivity index (χ4v) is 4.04. The monoisotopic (exact) mass is 486 g/mol. The van der Waals surface area contributed by atoms with Crippen LogP contribution in [0.15, 0.2) is 35.3 Å². The number of piperidine rings is 1. The molecule has 5 nitrogen and oxygen atoms in total. The molecular formula is C21H35IN4O. The molecule has 2 saturated heterocycles. The van der Waals surface area contributed by atoms with E-state index in [9.17, 15) is 0 Å². The van der Waals surface area contributed by atoms with Crippen LogP contribution in [0.25, 0.3) is 0 Å². The van der Waals surface area contributed by atoms with Crippen LogP contribution in [0.4, 0.5) is 0 Å². The zero-order valence-electron chi connectivity index (χ0n) is 16.8. The van der Waals surface area contributed by atoms with E-state index >= 15 is 0 Å². The van der Waals surface area contributed by atoms with Crippen molar-refractivity contribution < 1.29 is 4.74 Å². The van der Waals surface area contributed by atoms with Gasteiger partial charge in [0.1, 0.15) is 11.9 Å². The first-order chi connectivity index (χ1) is 12.8. The van der Waals surface area contributed by atoms with Gasteiger partial charge in [-0.1, -0.05) is 25.1 Å². The van der Waals surface area contributed by atoms with Crippen molar-refractivity contribution in [3.05, 3.63) is 30.3 Å². The van der Waals surface area contributed by atoms with Crippen LogP contribution in [-0.2, 0) is 0 Å². The summed E-state index contributed by atoms with van der Waals surface area (Å²) in [5.74, 6) is 2.78. The van der Waals surface area contributed by atoms with Gasteiger partial charge < -0.3 is 19.9 Å². The minimum absolute atomic E-state index is 0. The molecule has 6 heteroatoms. The molecule has 1 aromatic rings. The second-order valence-corrected chi connectivity index (χ2v) is 7.50. The highest BCUT2D eigenvalue weighted by molar-refractivity contribution is 14.0. The summed E-state index contributed by atoms with van der Waals surface area (Å²) in [5.41, 5.74) is 0. The molecule has 3 rings (SSSR count). The van der Waals surface area contributed by atoms with E-state index in [4.69, 9.17) is 4.74 Å². The Hall–Kier alpha value is -1.02. The van der Waals surface area contributed by atoms with E-state index in [0.717, 1.165) is 50.1 Å². The molecule has 27 heavy (non-hydrogen) atoms. The lowest BCUT2D eigenvalue weighted by molar-refractivity contribution is 0.129. The molecule has 2 aliphatic heterocycles. The molecule has 152 valence electrons. The first-order valence-corrected chi connectivity index (χ1v) is 10.2. The minimum atomic E-state index is 0. The molecule has 0 amide bonds. The third-order valence-corrected chi connectivity index (χ3v) is 5.46. The fourth-order valence-electron chi connectivity index (χ4n) is 4.04. The number of nitrogens with zero attached hydrogens (tertiary/aromatic N) is 3. The summed E-state index contributed by atoms with van der Waals surface area (Å²) in [5, 5.41) is 3.62. The average Bonchev–Trinajstić information content (AvgIpc) is 3.12. The Morgan fingerprint density at radius 2 is 1.89 bits per heavy atom. The third-order valence-electron chi connectivity index (χ3n) is 5.46. The number of benzene rings is 1. The van der Waals surface area contributed by atoms with Gasteiger partial charge in [-0.15, -0.1) is 24.0 Å². The van der Waals surface area contributed by atoms with Crippen LogP contribution in [-0.4, -0.2) is 68.2 Å². The first-order valence-electron chi connectivity index (χ1n) is 10.2. The normalized spacial score (nSPS) is 21.8. The zero-order chi connectivity index (χ0) is 18.2. The number of ether oxygens (including phenoxy) is 1. The number of guanidine groups is 1. The summed E-state index contributed by atoms with van der Waals surface area (Å²) >= 11 is 0. The molecule has 2 aliphatic rings. The highest BCUT2D eigenvalue weighted by Gasteiger charge is 2.25. The summed E-state index contributed by atoms with van der Waals surface area (Å²) < 4.78 is 6.10. The van der Waals surface area contributed by atoms with Gasteiger partial charge in [-0.05, 0) is 44.0 Å². The largest absolute Gasteiger partial charge is 0.490 e. The second kappa shape index (κ2) is 11.7. The number of para-hydroxylation sites is 1. The van der Waals surface area contributed by atoms with Gasteiger partial charge in [0.25, 0.3) is 0 Å². The Labute approximate surface area is 181 Å². The average molecular weight is 486 g/mol. The van der Waals surface area contributed by atoms with Crippen molar-refractivity contribution >= 4 is 29.9 Å². The third kappa shape index (κ3) is 6.82. The van der Waals surface area contributed by atoms with E-state index in [2.05, 4.69) is 27.0 Å². The maximum atomic E-state index is 6.10. The summed E-state index contributed by atoms with van der Waals surface area (Å²) in [6, 6.07) is 10.2. The second-order valence-electron chi connectivity index (χ2n) is 7.50. The summed E-state index contributed by atoms with van der Waals surface area (Å²) in [6.45, 7) is 9.02. The van der Waals surface area contributed by atoms with E-state index < -0.39 is 0 Å². The van der Waals surface area contributed by atoms with Gasteiger partial charge in [0.2, 0.25) is 0 Å². The van der Waals surface area contributed by atoms with E-state index in [1.54, 1.807) is 0 Å². The van der Waals surface area contributed by atoms with Gasteiger partial charge in [0.15, 0.2) is 5.96 Å². The van der Waals surface area contributed by atoms with E-state index in [-0.39, 0.29) is 24.0 Å². The predicted octanol–water partition coefficient (Wildman–Crippen LogP) is 3.46. The number of rotatable bonds is 6. The van der Waals surface area contributed by atoms with Gasteiger partial charge in [-0.3, -0.25) is 4.99 Å². The first kappa shape index (κ1) is 22.3. The van der Waals surface area contributed by atoms with Crippen molar-refractivity contribution in [2.45, 2.75) is 38.7 Å². The summed E-state index contributed by atoms with van der Waals surface area (Å²) in [7, 11) is 1.90. The topological polar surface area (TPSA) is 40.1 Å². The Bertz CT molecular complexity index is 561. The van der Waals surface area contributed by atoms with Crippen LogP contribution >= 0.6 is 24.0 Å². The van der Waals surface area contributed by atoms with E-state index in [1.807, 2.05) is 37.4 Å². The lowest BCUT2D eigenvalue weighted by atomic mass is 10.1. The molecule has 0 spiro atoms. The highest BCUT2D eigenvalue weighted by Crippen LogP contribution is 2.19. The molecule has 0 aromatic heterocycles. The van der Waals surface area contributed by atoms with Crippen molar-refractivity contribution in [3.8, 4) is 5.75 Å². The van der Waals surface area contributed by atoms with Crippen LogP contribution in [0.2, 0.25) is 0 Å². The Morgan fingerprint density at radius 3 is 2.56 bits per heavy atom. The van der Waals surface area contributed by atoms with E-state index in [1.165, 1.54) is 32.5 Å². The molecular weight excluding hydrogens is 451 g/mol. The maximum Gasteiger partial charge on any atom is 0.193 e. The molecule has 0 bridgehead atoms. The number of halogens is 1. The number of hydrogen-bond donors (Lipinski definition) is 1. The molecule has 0 radical (unpaired) electrons. The van der Waals surface area contributed by atoms with Gasteiger partial charge in [0.05, 0.1) is 0 Å². The Balaban J connectivity index is 0.00000261. The maximum absolute atomic E-state index is 6.10. The van der Waals surface area contributed by atoms with Gasteiger partial charge in [-0.2, -0.15) is 0 Å². The fraction of sp³-hybridized carbons (Fsp3) is 0.667. The van der Waals surface area contributed by atoms with E-state index in [0.29, 0.717) is 6.10 Å². The molecule has 2 heterocycles. The smallest absolute Gasteiger partial charge is 0.193 e. The molecule has 1 N–H and O–H groups in total. The number of nitrogens with one attached hydrogen (secondary N) is 1. The van der Waals surface area contributed by atoms with Gasteiger partial charge in [-0.25, -0.2) is 0 Å². The Kier molecular flexibility index (Phi) is 9.68. The summed E-state index contributed by atoms with van der Waals surface area (Å²) in [6.07, 6.45) is 4.95. The molecule has 2 fully saturated rings. The van der Waals surface area contributed by atoms with Crippen molar-refractivity contribution in [2.75, 3.05) is 46.3 Å². The molecule has 0 saturated carbocycles. The van der Waals surface area contributed by atoms with Crippen LogP contribution < -0.4 is 10.1 Å². The molecule has 1 atom stereocenters. The highest BCUT2D eigenvalue weighted by atomic mass is 127. The zero-order valence-corrected chi connectivity index (χ0v) is 19.1. The van der Waals surface area contributed by atoms with Crippen molar-refractivity contribution in [2.24, 2.45) is 10.9 Å². The van der Waals surface area contributed by atoms with Crippen molar-refractivity contribution in [1.82, 2.24) is 15.1 Å². The SMILES string of the molecule is CCCN1CCC(CNC(=NC)N2CCC(Oc3ccccc3)CC2)C1.I. The number of aliphatic imine (C=N–C) groups is 1. The van der Waals surface area contributed by atoms with Gasteiger partial charge >= 0.3 is 0 Å².